The molecule has 0 aromatic heterocycles. The van der Waals surface area contributed by atoms with E-state index < -0.39 is 5.97 Å². The molecule has 24 heavy (non-hydrogen) atoms. The lowest BCUT2D eigenvalue weighted by atomic mass is 10.2. The van der Waals surface area contributed by atoms with Crippen molar-refractivity contribution < 1.29 is 23.7 Å². The summed E-state index contributed by atoms with van der Waals surface area (Å²) in [5, 5.41) is 8.74. The zero-order chi connectivity index (χ0) is 17.4. The summed E-state index contributed by atoms with van der Waals surface area (Å²) in [6.07, 6.45) is 0. The molecule has 6 nitrogen and oxygen atoms in total. The number of benzene rings is 2. The van der Waals surface area contributed by atoms with Gasteiger partial charge in [-0.25, -0.2) is 4.79 Å². The molecule has 2 aromatic rings. The maximum atomic E-state index is 11.5. The zero-order valence-electron chi connectivity index (χ0n) is 13.4. The van der Waals surface area contributed by atoms with E-state index in [0.717, 1.165) is 0 Å². The van der Waals surface area contributed by atoms with Gasteiger partial charge >= 0.3 is 5.97 Å². The highest BCUT2D eigenvalue weighted by atomic mass is 16.5. The smallest absolute Gasteiger partial charge is 0.337 e. The Morgan fingerprint density at radius 3 is 2.33 bits per heavy atom. The van der Waals surface area contributed by atoms with Gasteiger partial charge in [-0.3, -0.25) is 0 Å². The largest absolute Gasteiger partial charge is 0.493 e. The highest BCUT2D eigenvalue weighted by Gasteiger charge is 2.11. The van der Waals surface area contributed by atoms with Crippen LogP contribution in [0, 0.1) is 11.3 Å². The number of hydrogen-bond acceptors (Lipinski definition) is 6. The molecule has 0 amide bonds. The molecule has 0 saturated heterocycles. The molecular formula is C18H17NO5. The maximum Gasteiger partial charge on any atom is 0.337 e. The molecule has 0 aliphatic heterocycles. The lowest BCUT2D eigenvalue weighted by Crippen LogP contribution is -2.10. The SMILES string of the molecule is COC(=O)c1ccc(OCCOc2ccc(C#N)cc2)c(OC)c1. The van der Waals surface area contributed by atoms with Crippen LogP contribution in [0.5, 0.6) is 17.2 Å². The molecule has 0 bridgehead atoms. The summed E-state index contributed by atoms with van der Waals surface area (Å²) in [7, 11) is 2.82. The first kappa shape index (κ1) is 17.2. The number of carbonyl (C=O) groups is 1. The van der Waals surface area contributed by atoms with Gasteiger partial charge in [-0.2, -0.15) is 5.26 Å². The van der Waals surface area contributed by atoms with Crippen LogP contribution in [0.2, 0.25) is 0 Å². The lowest BCUT2D eigenvalue weighted by Gasteiger charge is -2.12. The van der Waals surface area contributed by atoms with Crippen molar-refractivity contribution in [2.45, 2.75) is 0 Å². The summed E-state index contributed by atoms with van der Waals surface area (Å²) in [6.45, 7) is 0.627. The fraction of sp³-hybridized carbons (Fsp3) is 0.222. The van der Waals surface area contributed by atoms with Crippen LogP contribution in [0.3, 0.4) is 0 Å². The second-order valence-corrected chi connectivity index (χ2v) is 4.69. The van der Waals surface area contributed by atoms with Gasteiger partial charge < -0.3 is 18.9 Å². The number of ether oxygens (including phenoxy) is 4. The van der Waals surface area contributed by atoms with E-state index in [1.165, 1.54) is 14.2 Å². The van der Waals surface area contributed by atoms with Gasteiger partial charge in [0.15, 0.2) is 11.5 Å². The van der Waals surface area contributed by atoms with Crippen LogP contribution >= 0.6 is 0 Å². The van der Waals surface area contributed by atoms with Crippen molar-refractivity contribution >= 4 is 5.97 Å². The van der Waals surface area contributed by atoms with E-state index in [-0.39, 0.29) is 0 Å². The van der Waals surface area contributed by atoms with Gasteiger partial charge in [-0.1, -0.05) is 0 Å². The molecule has 0 radical (unpaired) electrons. The number of nitriles is 1. The Labute approximate surface area is 140 Å². The second kappa shape index (κ2) is 8.44. The Balaban J connectivity index is 1.89. The summed E-state index contributed by atoms with van der Waals surface area (Å²) >= 11 is 0. The molecule has 2 aromatic carbocycles. The maximum absolute atomic E-state index is 11.5. The molecule has 0 spiro atoms. The molecule has 0 saturated carbocycles. The first-order chi connectivity index (χ1) is 11.7. The summed E-state index contributed by atoms with van der Waals surface area (Å²) in [5.41, 5.74) is 0.963. The van der Waals surface area contributed by atoms with E-state index in [9.17, 15) is 4.79 Å². The normalized spacial score (nSPS) is 9.71. The summed E-state index contributed by atoms with van der Waals surface area (Å²) in [4.78, 5) is 11.5. The Hall–Kier alpha value is -3.20. The van der Waals surface area contributed by atoms with Crippen molar-refractivity contribution in [3.05, 3.63) is 53.6 Å². The van der Waals surface area contributed by atoms with Crippen LogP contribution in [-0.4, -0.2) is 33.4 Å². The van der Waals surface area contributed by atoms with Gasteiger partial charge in [-0.05, 0) is 42.5 Å². The predicted octanol–water partition coefficient (Wildman–Crippen LogP) is 2.81. The van der Waals surface area contributed by atoms with Crippen molar-refractivity contribution in [1.82, 2.24) is 0 Å². The van der Waals surface area contributed by atoms with Gasteiger partial charge in [0.05, 0.1) is 31.4 Å². The molecule has 2 rings (SSSR count). The molecule has 0 unspecified atom stereocenters. The molecule has 0 heterocycles. The van der Waals surface area contributed by atoms with E-state index in [2.05, 4.69) is 4.74 Å². The average Bonchev–Trinajstić information content (AvgIpc) is 2.65. The third kappa shape index (κ3) is 4.40. The van der Waals surface area contributed by atoms with Crippen LogP contribution in [-0.2, 0) is 4.74 Å². The molecule has 0 aliphatic rings. The highest BCUT2D eigenvalue weighted by Crippen LogP contribution is 2.28. The highest BCUT2D eigenvalue weighted by molar-refractivity contribution is 5.90. The van der Waals surface area contributed by atoms with Crippen LogP contribution < -0.4 is 14.2 Å². The Bertz CT molecular complexity index is 734. The molecule has 124 valence electrons. The van der Waals surface area contributed by atoms with Crippen LogP contribution in [0.4, 0.5) is 0 Å². The van der Waals surface area contributed by atoms with Crippen molar-refractivity contribution in [1.29, 1.82) is 5.26 Å². The second-order valence-electron chi connectivity index (χ2n) is 4.69. The average molecular weight is 327 g/mol. The van der Waals surface area contributed by atoms with E-state index in [4.69, 9.17) is 19.5 Å². The minimum Gasteiger partial charge on any atom is -0.493 e. The van der Waals surface area contributed by atoms with Gasteiger partial charge in [0.25, 0.3) is 0 Å². The van der Waals surface area contributed by atoms with Gasteiger partial charge in [-0.15, -0.1) is 0 Å². The Morgan fingerprint density at radius 1 is 1.00 bits per heavy atom. The van der Waals surface area contributed by atoms with E-state index in [0.29, 0.717) is 41.6 Å². The lowest BCUT2D eigenvalue weighted by molar-refractivity contribution is 0.0600. The zero-order valence-corrected chi connectivity index (χ0v) is 13.4. The number of methoxy groups -OCH3 is 2. The predicted molar refractivity (Wildman–Crippen MR) is 86.5 cm³/mol. The first-order valence-electron chi connectivity index (χ1n) is 7.20. The third-order valence-electron chi connectivity index (χ3n) is 3.18. The fourth-order valence-electron chi connectivity index (χ4n) is 1.97. The quantitative estimate of drug-likeness (QED) is 0.575. The standard InChI is InChI=1S/C18H17NO5/c1-21-17-11-14(18(20)22-2)5-8-16(17)24-10-9-23-15-6-3-13(12-19)4-7-15/h3-8,11H,9-10H2,1-2H3. The molecule has 0 N–H and O–H groups in total. The van der Waals surface area contributed by atoms with E-state index in [1.54, 1.807) is 42.5 Å². The topological polar surface area (TPSA) is 77.8 Å². The Kier molecular flexibility index (Phi) is 6.03. The minimum absolute atomic E-state index is 0.300. The number of rotatable bonds is 7. The van der Waals surface area contributed by atoms with Crippen LogP contribution in [0.1, 0.15) is 15.9 Å². The van der Waals surface area contributed by atoms with Gasteiger partial charge in [0.1, 0.15) is 19.0 Å². The van der Waals surface area contributed by atoms with Crippen LogP contribution in [0.25, 0.3) is 0 Å². The number of carbonyl (C=O) groups excluding carboxylic acids is 1. The molecule has 0 atom stereocenters. The fourth-order valence-corrected chi connectivity index (χ4v) is 1.97. The summed E-state index contributed by atoms with van der Waals surface area (Å²) < 4.78 is 21.0. The molecular weight excluding hydrogens is 310 g/mol. The summed E-state index contributed by atoms with van der Waals surface area (Å²) in [5.74, 6) is 1.17. The van der Waals surface area contributed by atoms with Crippen molar-refractivity contribution in [3.63, 3.8) is 0 Å². The van der Waals surface area contributed by atoms with Crippen molar-refractivity contribution in [3.8, 4) is 23.3 Å². The molecule has 0 aliphatic carbocycles. The van der Waals surface area contributed by atoms with Crippen LogP contribution in [0.15, 0.2) is 42.5 Å². The summed E-state index contributed by atoms with van der Waals surface area (Å²) in [6, 6.07) is 13.7. The van der Waals surface area contributed by atoms with E-state index >= 15 is 0 Å². The van der Waals surface area contributed by atoms with Gasteiger partial charge in [0, 0.05) is 0 Å². The van der Waals surface area contributed by atoms with Gasteiger partial charge in [0.2, 0.25) is 0 Å². The molecule has 0 fully saturated rings. The first-order valence-corrected chi connectivity index (χ1v) is 7.20. The number of hydrogen-bond donors (Lipinski definition) is 0. The van der Waals surface area contributed by atoms with Crippen molar-refractivity contribution in [2.75, 3.05) is 27.4 Å². The number of esters is 1. The minimum atomic E-state index is -0.441. The molecule has 6 heteroatoms. The Morgan fingerprint density at radius 2 is 1.71 bits per heavy atom. The van der Waals surface area contributed by atoms with Crippen molar-refractivity contribution in [2.24, 2.45) is 0 Å². The number of nitrogens with zero attached hydrogens (tertiary/aromatic N) is 1. The van der Waals surface area contributed by atoms with E-state index in [1.807, 2.05) is 6.07 Å². The third-order valence-corrected chi connectivity index (χ3v) is 3.18. The monoisotopic (exact) mass is 327 g/mol.